The first-order valence-corrected chi connectivity index (χ1v) is 11.9. The molecule has 0 aromatic heterocycles. The van der Waals surface area contributed by atoms with Gasteiger partial charge in [-0.15, -0.1) is 0 Å². The van der Waals surface area contributed by atoms with Crippen LogP contribution in [0.2, 0.25) is 0 Å². The van der Waals surface area contributed by atoms with Crippen LogP contribution in [0, 0.1) is 23.5 Å². The maximum atomic E-state index is 15.0. The molecule has 0 aliphatic carbocycles. The van der Waals surface area contributed by atoms with E-state index in [1.165, 1.54) is 7.11 Å². The van der Waals surface area contributed by atoms with Crippen molar-refractivity contribution in [1.29, 1.82) is 0 Å². The number of anilines is 1. The minimum absolute atomic E-state index is 0.0281. The second-order valence-electron chi connectivity index (χ2n) is 8.78. The fourth-order valence-corrected chi connectivity index (χ4v) is 4.11. The van der Waals surface area contributed by atoms with Gasteiger partial charge in [0.2, 0.25) is 5.91 Å². The second kappa shape index (κ2) is 12.3. The molecule has 0 bridgehead atoms. The zero-order valence-electron chi connectivity index (χ0n) is 20.7. The molecule has 1 fully saturated rings. The van der Waals surface area contributed by atoms with E-state index in [1.807, 2.05) is 48.6 Å². The topological polar surface area (TPSA) is 67.9 Å². The number of nitrogens with one attached hydrogen (secondary N) is 1. The van der Waals surface area contributed by atoms with Crippen molar-refractivity contribution in [1.82, 2.24) is 5.32 Å². The van der Waals surface area contributed by atoms with Gasteiger partial charge >= 0.3 is 6.03 Å². The lowest BCUT2D eigenvalue weighted by molar-refractivity contribution is -0.122. The van der Waals surface area contributed by atoms with Gasteiger partial charge in [0, 0.05) is 18.2 Å². The molecule has 3 aromatic rings. The lowest BCUT2D eigenvalue weighted by Gasteiger charge is -2.40. The first-order valence-electron chi connectivity index (χ1n) is 11.9. The van der Waals surface area contributed by atoms with Crippen LogP contribution in [0.5, 0.6) is 0 Å². The highest BCUT2D eigenvalue weighted by molar-refractivity contribution is 6.16. The molecule has 38 heavy (non-hydrogen) atoms. The van der Waals surface area contributed by atoms with Gasteiger partial charge in [0.25, 0.3) is 0 Å². The average molecular weight is 517 g/mol. The number of urea groups is 1. The van der Waals surface area contributed by atoms with Crippen molar-refractivity contribution in [3.8, 4) is 11.8 Å². The predicted octanol–water partition coefficient (Wildman–Crippen LogP) is 4.93. The van der Waals surface area contributed by atoms with Gasteiger partial charge in [-0.05, 0) is 29.8 Å². The Balaban J connectivity index is 1.46. The third kappa shape index (κ3) is 6.51. The minimum Gasteiger partial charge on any atom is -0.382 e. The molecule has 0 spiro atoms. The summed E-state index contributed by atoms with van der Waals surface area (Å²) in [7, 11) is 1.43. The van der Waals surface area contributed by atoms with Crippen LogP contribution in [-0.2, 0) is 14.3 Å². The summed E-state index contributed by atoms with van der Waals surface area (Å²) >= 11 is 0. The summed E-state index contributed by atoms with van der Waals surface area (Å²) in [5.41, 5.74) is -0.192. The van der Waals surface area contributed by atoms with Crippen LogP contribution in [-0.4, -0.2) is 44.4 Å². The number of methoxy groups -OCH3 is 1. The Hall–Kier alpha value is -4.32. The van der Waals surface area contributed by atoms with Crippen LogP contribution in [0.3, 0.4) is 0 Å². The highest BCUT2D eigenvalue weighted by atomic mass is 19.1. The van der Waals surface area contributed by atoms with E-state index in [1.54, 1.807) is 24.3 Å². The normalized spacial score (nSPS) is 17.3. The Morgan fingerprint density at radius 2 is 1.58 bits per heavy atom. The largest absolute Gasteiger partial charge is 0.382 e. The van der Waals surface area contributed by atoms with Crippen molar-refractivity contribution in [2.45, 2.75) is 12.0 Å². The van der Waals surface area contributed by atoms with Gasteiger partial charge in [-0.1, -0.05) is 72.5 Å². The molecule has 0 saturated carbocycles. The lowest BCUT2D eigenvalue weighted by atomic mass is 9.94. The fraction of sp³-hybridized carbons (Fsp3) is 0.200. The molecule has 4 rings (SSSR count). The summed E-state index contributed by atoms with van der Waals surface area (Å²) in [4.78, 5) is 26.5. The molecule has 6 nitrogen and oxygen atoms in total. The van der Waals surface area contributed by atoms with Crippen LogP contribution in [0.1, 0.15) is 23.1 Å². The summed E-state index contributed by atoms with van der Waals surface area (Å²) in [6.45, 7) is 0.160. The summed E-state index contributed by atoms with van der Waals surface area (Å²) in [6, 6.07) is 19.6. The van der Waals surface area contributed by atoms with Gasteiger partial charge < -0.3 is 14.8 Å². The van der Waals surface area contributed by atoms with Crippen molar-refractivity contribution >= 4 is 23.7 Å². The van der Waals surface area contributed by atoms with Crippen molar-refractivity contribution < 1.29 is 27.8 Å². The number of ether oxygens (including phenoxy) is 2. The number of hydrogen-bond acceptors (Lipinski definition) is 4. The van der Waals surface area contributed by atoms with Crippen LogP contribution < -0.4 is 10.2 Å². The van der Waals surface area contributed by atoms with E-state index in [4.69, 9.17) is 9.47 Å². The summed E-state index contributed by atoms with van der Waals surface area (Å²) in [5.74, 6) is 2.58. The van der Waals surface area contributed by atoms with Gasteiger partial charge in [0.15, 0.2) is 11.6 Å². The molecule has 1 N–H and O–H groups in total. The molecule has 3 aromatic carbocycles. The van der Waals surface area contributed by atoms with Gasteiger partial charge in [0.05, 0.1) is 31.8 Å². The van der Waals surface area contributed by atoms with E-state index < -0.39 is 34.8 Å². The molecule has 194 valence electrons. The van der Waals surface area contributed by atoms with Gasteiger partial charge in [-0.3, -0.25) is 4.79 Å². The Morgan fingerprint density at radius 1 is 0.947 bits per heavy atom. The molecule has 8 heteroatoms. The number of hydrogen-bond donors (Lipinski definition) is 1. The first-order chi connectivity index (χ1) is 18.4. The number of benzene rings is 3. The van der Waals surface area contributed by atoms with E-state index in [-0.39, 0.29) is 31.8 Å². The van der Waals surface area contributed by atoms with Crippen LogP contribution in [0.4, 0.5) is 19.3 Å². The zero-order chi connectivity index (χ0) is 27.0. The summed E-state index contributed by atoms with van der Waals surface area (Å²) < 4.78 is 40.9. The fourth-order valence-electron chi connectivity index (χ4n) is 4.11. The standard InChI is InChI=1S/C30H26F2N2O4/c1-37-20-30(21-38-16-8-13-22-9-4-2-5-10-22)19-27(35)34(29(36)33-30)28-25(31)17-24(18-26(28)32)15-14-23-11-6-3-7-12-23/h2-13,17-18H,16,19-21H2,1H3,(H,33,36). The monoisotopic (exact) mass is 516 g/mol. The van der Waals surface area contributed by atoms with Crippen LogP contribution in [0.25, 0.3) is 6.08 Å². The number of carbonyl (C=O) groups is 2. The lowest BCUT2D eigenvalue weighted by Crippen LogP contribution is -2.66. The maximum absolute atomic E-state index is 15.0. The van der Waals surface area contributed by atoms with E-state index >= 15 is 0 Å². The minimum atomic E-state index is -1.19. The van der Waals surface area contributed by atoms with Crippen molar-refractivity contribution in [2.24, 2.45) is 0 Å². The highest BCUT2D eigenvalue weighted by Crippen LogP contribution is 2.30. The van der Waals surface area contributed by atoms with E-state index in [0.29, 0.717) is 10.5 Å². The maximum Gasteiger partial charge on any atom is 0.329 e. The number of rotatable bonds is 8. The van der Waals surface area contributed by atoms with Crippen molar-refractivity contribution in [3.63, 3.8) is 0 Å². The molecule has 1 atom stereocenters. The smallest absolute Gasteiger partial charge is 0.329 e. The Kier molecular flexibility index (Phi) is 8.64. The summed E-state index contributed by atoms with van der Waals surface area (Å²) in [5, 5.41) is 2.66. The third-order valence-electron chi connectivity index (χ3n) is 5.80. The SMILES string of the molecule is COCC1(COCC=Cc2ccccc2)CC(=O)N(c2c(F)cc(C#Cc3ccccc3)cc2F)C(=O)N1. The molecule has 1 saturated heterocycles. The molecular weight excluding hydrogens is 490 g/mol. The second-order valence-corrected chi connectivity index (χ2v) is 8.78. The van der Waals surface area contributed by atoms with Gasteiger partial charge in [-0.2, -0.15) is 0 Å². The van der Waals surface area contributed by atoms with Crippen LogP contribution >= 0.6 is 0 Å². The molecule has 1 aliphatic rings. The number of halogens is 2. The Morgan fingerprint density at radius 3 is 2.21 bits per heavy atom. The number of nitrogens with zero attached hydrogens (tertiary/aromatic N) is 1. The van der Waals surface area contributed by atoms with Crippen LogP contribution in [0.15, 0.2) is 78.9 Å². The first kappa shape index (κ1) is 26.7. The Bertz CT molecular complexity index is 1340. The van der Waals surface area contributed by atoms with E-state index in [9.17, 15) is 18.4 Å². The zero-order valence-corrected chi connectivity index (χ0v) is 20.7. The molecule has 1 unspecified atom stereocenters. The van der Waals surface area contributed by atoms with E-state index in [0.717, 1.165) is 17.7 Å². The molecule has 1 heterocycles. The van der Waals surface area contributed by atoms with E-state index in [2.05, 4.69) is 17.2 Å². The molecule has 1 aliphatic heterocycles. The predicted molar refractivity (Wildman–Crippen MR) is 140 cm³/mol. The van der Waals surface area contributed by atoms with Crippen molar-refractivity contribution in [3.05, 3.63) is 107 Å². The summed E-state index contributed by atoms with van der Waals surface area (Å²) in [6.07, 6.45) is 3.42. The van der Waals surface area contributed by atoms with Crippen molar-refractivity contribution in [2.75, 3.05) is 31.8 Å². The highest BCUT2D eigenvalue weighted by Gasteiger charge is 2.45. The Labute approximate surface area is 219 Å². The number of carbonyl (C=O) groups excluding carboxylic acids is 2. The van der Waals surface area contributed by atoms with Gasteiger partial charge in [-0.25, -0.2) is 18.5 Å². The molecular formula is C30H26F2N2O4. The number of amides is 3. The number of imide groups is 1. The molecule has 0 radical (unpaired) electrons. The van der Waals surface area contributed by atoms with Gasteiger partial charge in [0.1, 0.15) is 5.69 Å². The average Bonchev–Trinajstić information content (AvgIpc) is 2.90. The molecule has 3 amide bonds. The quantitative estimate of drug-likeness (QED) is 0.341. The third-order valence-corrected chi connectivity index (χ3v) is 5.80.